The molecule has 10 nitrogen and oxygen atoms in total. The van der Waals surface area contributed by atoms with E-state index in [1.54, 1.807) is 30.3 Å². The van der Waals surface area contributed by atoms with Crippen molar-refractivity contribution in [2.24, 2.45) is 5.92 Å². The van der Waals surface area contributed by atoms with Gasteiger partial charge in [-0.25, -0.2) is 27.1 Å². The molecular formula is C40H48F4N6O4S. The number of methoxy groups -OCH3 is 2. The molecule has 2 saturated heterocycles. The molecule has 0 radical (unpaired) electrons. The summed E-state index contributed by atoms with van der Waals surface area (Å²) >= 11 is 0. The molecule has 2 unspecified atom stereocenters. The normalized spacial score (nSPS) is 19.5. The molecule has 3 aromatic carbocycles. The van der Waals surface area contributed by atoms with Gasteiger partial charge in [0.1, 0.15) is 34.4 Å². The molecule has 0 aliphatic carbocycles. The van der Waals surface area contributed by atoms with Crippen molar-refractivity contribution in [1.29, 1.82) is 0 Å². The van der Waals surface area contributed by atoms with Crippen molar-refractivity contribution in [1.82, 2.24) is 19.8 Å². The number of sulfonamides is 1. The Balaban J connectivity index is 1.29. The Hall–Kier alpha value is -4.47. The predicted octanol–water partition coefficient (Wildman–Crippen LogP) is 6.90. The van der Waals surface area contributed by atoms with Gasteiger partial charge in [0.2, 0.25) is 0 Å². The highest BCUT2D eigenvalue weighted by Gasteiger charge is 2.41. The average Bonchev–Trinajstić information content (AvgIpc) is 3.59. The van der Waals surface area contributed by atoms with Crippen LogP contribution in [0.25, 0.3) is 0 Å². The molecule has 296 valence electrons. The van der Waals surface area contributed by atoms with Crippen molar-refractivity contribution in [2.75, 3.05) is 70.2 Å². The first-order valence-electron chi connectivity index (χ1n) is 18.3. The lowest BCUT2D eigenvalue weighted by Gasteiger charge is -2.50. The fourth-order valence-electron chi connectivity index (χ4n) is 7.95. The maximum atomic E-state index is 16.3. The van der Waals surface area contributed by atoms with Gasteiger partial charge in [0, 0.05) is 61.3 Å². The van der Waals surface area contributed by atoms with Gasteiger partial charge < -0.3 is 19.3 Å². The summed E-state index contributed by atoms with van der Waals surface area (Å²) < 4.78 is 97.5. The number of aromatic nitrogens is 2. The van der Waals surface area contributed by atoms with E-state index in [-0.39, 0.29) is 12.4 Å². The van der Waals surface area contributed by atoms with Crippen molar-refractivity contribution in [3.63, 3.8) is 0 Å². The fraction of sp³-hybridized carbons (Fsp3) is 0.450. The second kappa shape index (κ2) is 16.7. The molecule has 0 spiro atoms. The van der Waals surface area contributed by atoms with E-state index in [0.717, 1.165) is 49.3 Å². The third kappa shape index (κ3) is 9.16. The maximum absolute atomic E-state index is 16.3. The molecule has 2 aliphatic heterocycles. The molecule has 4 aromatic rings. The lowest BCUT2D eigenvalue weighted by atomic mass is 9.81. The summed E-state index contributed by atoms with van der Waals surface area (Å²) in [7, 11) is 2.66. The third-order valence-electron chi connectivity index (χ3n) is 11.0. The second-order valence-electron chi connectivity index (χ2n) is 14.6. The first-order valence-corrected chi connectivity index (χ1v) is 19.8. The predicted molar refractivity (Wildman–Crippen MR) is 204 cm³/mol. The number of rotatable bonds is 14. The van der Waals surface area contributed by atoms with E-state index in [9.17, 15) is 21.6 Å². The summed E-state index contributed by atoms with van der Waals surface area (Å²) in [5, 5.41) is 0. The molecule has 2 fully saturated rings. The van der Waals surface area contributed by atoms with Gasteiger partial charge in [0.05, 0.1) is 26.3 Å². The quantitative estimate of drug-likeness (QED) is 0.127. The van der Waals surface area contributed by atoms with E-state index < -0.39 is 38.0 Å². The number of nitrogens with zero attached hydrogens (tertiary/aromatic N) is 6. The molecule has 15 heteroatoms. The van der Waals surface area contributed by atoms with Gasteiger partial charge in [-0.2, -0.15) is 13.2 Å². The van der Waals surface area contributed by atoms with Crippen LogP contribution in [0, 0.1) is 11.7 Å². The van der Waals surface area contributed by atoms with Crippen molar-refractivity contribution < 1.29 is 35.5 Å². The number of alkyl halides is 3. The molecule has 0 bridgehead atoms. The van der Waals surface area contributed by atoms with Crippen LogP contribution in [0.3, 0.4) is 0 Å². The minimum atomic E-state index is -4.51. The lowest BCUT2D eigenvalue weighted by molar-refractivity contribution is -0.137. The van der Waals surface area contributed by atoms with E-state index in [0.29, 0.717) is 60.2 Å². The molecule has 0 N–H and O–H groups in total. The Kier molecular flexibility index (Phi) is 12.2. The van der Waals surface area contributed by atoms with Crippen LogP contribution in [0.1, 0.15) is 42.4 Å². The number of hydrogen-bond donors (Lipinski definition) is 0. The number of aryl methyl sites for hydroxylation is 1. The minimum absolute atomic E-state index is 0.0504. The second-order valence-corrected chi connectivity index (χ2v) is 16.4. The number of hydrogen-bond acceptors (Lipinski definition) is 9. The zero-order valence-electron chi connectivity index (χ0n) is 31.6. The smallest absolute Gasteiger partial charge is 0.416 e. The van der Waals surface area contributed by atoms with E-state index in [4.69, 9.17) is 9.47 Å². The Morgan fingerprint density at radius 2 is 1.84 bits per heavy atom. The van der Waals surface area contributed by atoms with Crippen LogP contribution in [0.2, 0.25) is 0 Å². The standard InChI is InChI=1S/C40H48F4N6O4S/c1-47-20-15-30(24-47)25-48(2)39(17-13-29-7-5-8-32(21-29)40(42,43)44)16-6-19-49(27-39)33-10-12-37(35(41)22-33)55(51,52)50(38-14-18-45-28-46-38)26-31-9-11-34(53-3)23-36(31)54-4/h5,7-12,14,18,21-23,28,30H,6,13,15-17,19-20,24-27H2,1-4H3. The maximum Gasteiger partial charge on any atom is 0.416 e. The molecular weight excluding hydrogens is 737 g/mol. The van der Waals surface area contributed by atoms with Crippen LogP contribution < -0.4 is 18.7 Å². The Morgan fingerprint density at radius 3 is 2.51 bits per heavy atom. The lowest BCUT2D eigenvalue weighted by Crippen LogP contribution is -2.59. The van der Waals surface area contributed by atoms with Gasteiger partial charge in [-0.3, -0.25) is 4.90 Å². The number of piperidine rings is 1. The van der Waals surface area contributed by atoms with Gasteiger partial charge in [0.25, 0.3) is 10.0 Å². The largest absolute Gasteiger partial charge is 0.497 e. The van der Waals surface area contributed by atoms with Gasteiger partial charge in [-0.05, 0) is 101 Å². The third-order valence-corrected chi connectivity index (χ3v) is 12.8. The van der Waals surface area contributed by atoms with E-state index in [2.05, 4.69) is 38.8 Å². The summed E-state index contributed by atoms with van der Waals surface area (Å²) in [6.07, 6.45) is 1.89. The number of halogens is 4. The number of likely N-dealkylation sites (tertiary alicyclic amines) is 1. The highest BCUT2D eigenvalue weighted by atomic mass is 32.2. The van der Waals surface area contributed by atoms with Crippen LogP contribution in [-0.2, 0) is 29.2 Å². The number of benzene rings is 3. The molecule has 0 saturated carbocycles. The summed E-state index contributed by atoms with van der Waals surface area (Å²) in [6.45, 7) is 3.71. The summed E-state index contributed by atoms with van der Waals surface area (Å²) in [5.74, 6) is 0.494. The van der Waals surface area contributed by atoms with Crippen molar-refractivity contribution >= 4 is 21.5 Å². The number of likely N-dealkylation sites (N-methyl/N-ethyl adjacent to an activating group) is 1. The Bertz CT molecular complexity index is 2040. The van der Waals surface area contributed by atoms with Crippen LogP contribution >= 0.6 is 0 Å². The molecule has 55 heavy (non-hydrogen) atoms. The summed E-state index contributed by atoms with van der Waals surface area (Å²) in [5.41, 5.74) is 0.556. The highest BCUT2D eigenvalue weighted by molar-refractivity contribution is 7.92. The molecule has 3 heterocycles. The molecule has 2 aliphatic rings. The van der Waals surface area contributed by atoms with E-state index in [1.165, 1.54) is 57.1 Å². The molecule has 1 aromatic heterocycles. The Labute approximate surface area is 320 Å². The molecule has 6 rings (SSSR count). The van der Waals surface area contributed by atoms with Crippen LogP contribution in [0.5, 0.6) is 11.5 Å². The van der Waals surface area contributed by atoms with E-state index in [1.807, 2.05) is 0 Å². The van der Waals surface area contributed by atoms with Gasteiger partial charge in [0.15, 0.2) is 0 Å². The van der Waals surface area contributed by atoms with E-state index >= 15 is 4.39 Å². The topological polar surface area (TPSA) is 91.3 Å². The first-order chi connectivity index (χ1) is 26.2. The van der Waals surface area contributed by atoms with Gasteiger partial charge >= 0.3 is 6.18 Å². The number of ether oxygens (including phenoxy) is 2. The number of anilines is 2. The van der Waals surface area contributed by atoms with Crippen LogP contribution in [0.4, 0.5) is 29.1 Å². The van der Waals surface area contributed by atoms with Crippen molar-refractivity contribution in [3.05, 3.63) is 102 Å². The van der Waals surface area contributed by atoms with Crippen LogP contribution in [0.15, 0.2) is 84.1 Å². The van der Waals surface area contributed by atoms with Gasteiger partial charge in [-0.1, -0.05) is 18.2 Å². The zero-order chi connectivity index (χ0) is 39.4. The summed E-state index contributed by atoms with van der Waals surface area (Å²) in [6, 6.07) is 16.1. The van der Waals surface area contributed by atoms with Crippen molar-refractivity contribution in [3.8, 4) is 11.5 Å². The Morgan fingerprint density at radius 1 is 1.02 bits per heavy atom. The molecule has 2 atom stereocenters. The SMILES string of the molecule is COc1ccc(CN(c2ccncn2)S(=O)(=O)c2ccc(N3CCCC(CCc4cccc(C(F)(F)F)c4)(N(C)CC4CCN(C)C4)C3)cc2F)c(OC)c1. The molecule has 0 amide bonds. The first kappa shape index (κ1) is 40.2. The minimum Gasteiger partial charge on any atom is -0.497 e. The zero-order valence-corrected chi connectivity index (χ0v) is 32.4. The average molecular weight is 785 g/mol. The monoisotopic (exact) mass is 784 g/mol. The summed E-state index contributed by atoms with van der Waals surface area (Å²) in [4.78, 5) is 14.3. The van der Waals surface area contributed by atoms with Crippen LogP contribution in [-0.4, -0.2) is 94.8 Å². The van der Waals surface area contributed by atoms with Gasteiger partial charge in [-0.15, -0.1) is 0 Å². The highest BCUT2D eigenvalue weighted by Crippen LogP contribution is 2.38. The fourth-order valence-corrected chi connectivity index (χ4v) is 9.39. The van der Waals surface area contributed by atoms with Crippen molar-refractivity contribution in [2.45, 2.75) is 55.3 Å².